The lowest BCUT2D eigenvalue weighted by Crippen LogP contribution is -2.52. The molecule has 2 aliphatic rings. The van der Waals surface area contributed by atoms with E-state index in [0.29, 0.717) is 24.2 Å². The van der Waals surface area contributed by atoms with Crippen molar-refractivity contribution in [2.24, 2.45) is 41.4 Å². The van der Waals surface area contributed by atoms with Gasteiger partial charge in [-0.25, -0.2) is 0 Å². The molecule has 1 saturated carbocycles. The Labute approximate surface area is 168 Å². The minimum Gasteiger partial charge on any atom is -0.389 e. The standard InChI is InChI=1S/C25H44O2/c1-8-9-20-17(4)11-12-21-18(5)23(14-13-22(20)21)25(7,27)19(6)24(26)15-10-16(2)3/h11,16,18-23,27H,8-10,12-15H2,1-7H3/t18-,19+,20?,21?,22+,23?,25-/m0/s1. The Bertz CT molecular complexity index is 530. The van der Waals surface area contributed by atoms with Gasteiger partial charge in [0.25, 0.3) is 0 Å². The molecule has 0 amide bonds. The van der Waals surface area contributed by atoms with Crippen molar-refractivity contribution in [2.75, 3.05) is 0 Å². The van der Waals surface area contributed by atoms with Crippen LogP contribution in [0.25, 0.3) is 0 Å². The molecule has 0 bridgehead atoms. The summed E-state index contributed by atoms with van der Waals surface area (Å²) in [7, 11) is 0. The van der Waals surface area contributed by atoms with Gasteiger partial charge in [0.2, 0.25) is 0 Å². The number of allylic oxidation sites excluding steroid dienone is 2. The highest BCUT2D eigenvalue weighted by atomic mass is 16.3. The molecule has 0 aromatic heterocycles. The Morgan fingerprint density at radius 1 is 1.26 bits per heavy atom. The predicted octanol–water partition coefficient (Wildman–Crippen LogP) is 6.42. The number of ketones is 1. The van der Waals surface area contributed by atoms with Gasteiger partial charge in [0.05, 0.1) is 5.60 Å². The van der Waals surface area contributed by atoms with E-state index in [9.17, 15) is 9.90 Å². The van der Waals surface area contributed by atoms with Crippen molar-refractivity contribution in [1.82, 2.24) is 0 Å². The second-order valence-electron chi connectivity index (χ2n) is 10.3. The summed E-state index contributed by atoms with van der Waals surface area (Å²) < 4.78 is 0. The van der Waals surface area contributed by atoms with Gasteiger partial charge >= 0.3 is 0 Å². The van der Waals surface area contributed by atoms with Crippen LogP contribution in [-0.2, 0) is 4.79 Å². The molecule has 0 aromatic carbocycles. The van der Waals surface area contributed by atoms with E-state index in [4.69, 9.17) is 0 Å². The highest BCUT2D eigenvalue weighted by molar-refractivity contribution is 5.81. The average Bonchev–Trinajstić information content (AvgIpc) is 2.61. The van der Waals surface area contributed by atoms with Crippen molar-refractivity contribution in [1.29, 1.82) is 0 Å². The fourth-order valence-corrected chi connectivity index (χ4v) is 6.11. The molecular weight excluding hydrogens is 332 g/mol. The maximum atomic E-state index is 12.7. The van der Waals surface area contributed by atoms with E-state index in [2.05, 4.69) is 40.7 Å². The molecule has 0 spiro atoms. The molecule has 1 N–H and O–H groups in total. The van der Waals surface area contributed by atoms with Gasteiger partial charge in [-0.05, 0) is 81.5 Å². The lowest BCUT2D eigenvalue weighted by Gasteiger charge is -2.52. The number of rotatable bonds is 8. The summed E-state index contributed by atoms with van der Waals surface area (Å²) in [6, 6.07) is 0. The predicted molar refractivity (Wildman–Crippen MR) is 115 cm³/mol. The number of Topliss-reactive ketones (excluding diaryl/α,β-unsaturated/α-hetero) is 1. The normalized spacial score (nSPS) is 34.6. The van der Waals surface area contributed by atoms with Crippen LogP contribution < -0.4 is 0 Å². The van der Waals surface area contributed by atoms with E-state index in [1.807, 2.05) is 13.8 Å². The molecular formula is C25H44O2. The van der Waals surface area contributed by atoms with Crippen LogP contribution in [0.15, 0.2) is 11.6 Å². The molecule has 2 rings (SSSR count). The monoisotopic (exact) mass is 376 g/mol. The minimum absolute atomic E-state index is 0.228. The lowest BCUT2D eigenvalue weighted by atomic mass is 9.54. The Morgan fingerprint density at radius 2 is 1.93 bits per heavy atom. The molecule has 0 aliphatic heterocycles. The molecule has 3 unspecified atom stereocenters. The number of hydrogen-bond acceptors (Lipinski definition) is 2. The summed E-state index contributed by atoms with van der Waals surface area (Å²) in [6.45, 7) is 15.2. The van der Waals surface area contributed by atoms with Crippen molar-refractivity contribution in [3.8, 4) is 0 Å². The second-order valence-corrected chi connectivity index (χ2v) is 10.3. The Hall–Kier alpha value is -0.630. The van der Waals surface area contributed by atoms with Gasteiger partial charge in [0.15, 0.2) is 0 Å². The van der Waals surface area contributed by atoms with E-state index in [1.54, 1.807) is 5.57 Å². The number of fused-ring (bicyclic) bond motifs is 1. The molecule has 2 heteroatoms. The van der Waals surface area contributed by atoms with Crippen LogP contribution in [0.1, 0.15) is 93.4 Å². The molecule has 0 aromatic rings. The molecule has 7 atom stereocenters. The zero-order valence-corrected chi connectivity index (χ0v) is 18.9. The third-order valence-electron chi connectivity index (χ3n) is 8.16. The van der Waals surface area contributed by atoms with Crippen molar-refractivity contribution >= 4 is 5.78 Å². The molecule has 27 heavy (non-hydrogen) atoms. The van der Waals surface area contributed by atoms with Gasteiger partial charge in [-0.15, -0.1) is 0 Å². The van der Waals surface area contributed by atoms with Gasteiger partial charge in [-0.2, -0.15) is 0 Å². The highest BCUT2D eigenvalue weighted by Crippen LogP contribution is 2.53. The van der Waals surface area contributed by atoms with E-state index < -0.39 is 5.60 Å². The first-order chi connectivity index (χ1) is 12.6. The van der Waals surface area contributed by atoms with Gasteiger partial charge < -0.3 is 5.11 Å². The maximum absolute atomic E-state index is 12.7. The zero-order chi connectivity index (χ0) is 20.4. The molecule has 2 aliphatic carbocycles. The molecule has 156 valence electrons. The first-order valence-electron chi connectivity index (χ1n) is 11.5. The molecule has 2 nitrogen and oxygen atoms in total. The SMILES string of the molecule is CCCC1C(C)=CCC2[C@H](C)C([C@@](C)(O)[C@H](C)C(=O)CCC(C)C)CC[C@H]12. The van der Waals surface area contributed by atoms with Crippen molar-refractivity contribution in [3.05, 3.63) is 11.6 Å². The largest absolute Gasteiger partial charge is 0.389 e. The number of carbonyl (C=O) groups is 1. The van der Waals surface area contributed by atoms with E-state index >= 15 is 0 Å². The molecule has 0 heterocycles. The summed E-state index contributed by atoms with van der Waals surface area (Å²) >= 11 is 0. The van der Waals surface area contributed by atoms with E-state index in [-0.39, 0.29) is 17.6 Å². The smallest absolute Gasteiger partial charge is 0.138 e. The van der Waals surface area contributed by atoms with Crippen LogP contribution in [0.5, 0.6) is 0 Å². The maximum Gasteiger partial charge on any atom is 0.138 e. The molecule has 0 saturated heterocycles. The Morgan fingerprint density at radius 3 is 2.52 bits per heavy atom. The van der Waals surface area contributed by atoms with Crippen LogP contribution in [0, 0.1) is 41.4 Å². The third kappa shape index (κ3) is 4.86. The zero-order valence-electron chi connectivity index (χ0n) is 18.9. The van der Waals surface area contributed by atoms with Gasteiger partial charge in [-0.3, -0.25) is 4.79 Å². The van der Waals surface area contributed by atoms with Crippen LogP contribution in [0.2, 0.25) is 0 Å². The average molecular weight is 377 g/mol. The van der Waals surface area contributed by atoms with Crippen LogP contribution in [0.3, 0.4) is 0 Å². The topological polar surface area (TPSA) is 37.3 Å². The first-order valence-corrected chi connectivity index (χ1v) is 11.5. The number of aliphatic hydroxyl groups is 1. The molecule has 0 radical (unpaired) electrons. The summed E-state index contributed by atoms with van der Waals surface area (Å²) in [5.41, 5.74) is 0.697. The summed E-state index contributed by atoms with van der Waals surface area (Å²) in [6.07, 6.45) is 9.95. The first kappa shape index (κ1) is 22.7. The Kier molecular flexibility index (Phi) is 7.76. The fourth-order valence-electron chi connectivity index (χ4n) is 6.11. The second kappa shape index (κ2) is 9.25. The summed E-state index contributed by atoms with van der Waals surface area (Å²) in [4.78, 5) is 12.7. The van der Waals surface area contributed by atoms with Crippen LogP contribution in [0.4, 0.5) is 0 Å². The van der Waals surface area contributed by atoms with Crippen molar-refractivity contribution < 1.29 is 9.90 Å². The highest BCUT2D eigenvalue weighted by Gasteiger charge is 2.50. The van der Waals surface area contributed by atoms with Crippen LogP contribution in [-0.4, -0.2) is 16.5 Å². The fraction of sp³-hybridized carbons (Fsp3) is 0.880. The lowest BCUT2D eigenvalue weighted by molar-refractivity contribution is -0.143. The third-order valence-corrected chi connectivity index (χ3v) is 8.16. The van der Waals surface area contributed by atoms with E-state index in [0.717, 1.165) is 31.1 Å². The quantitative estimate of drug-likeness (QED) is 0.496. The minimum atomic E-state index is -0.894. The van der Waals surface area contributed by atoms with Crippen molar-refractivity contribution in [2.45, 2.75) is 99.0 Å². The number of carbonyl (C=O) groups excluding carboxylic acids is 1. The summed E-state index contributed by atoms with van der Waals surface area (Å²) in [5, 5.41) is 11.5. The Balaban J connectivity index is 2.12. The van der Waals surface area contributed by atoms with Gasteiger partial charge in [-0.1, -0.05) is 52.7 Å². The molecule has 1 fully saturated rings. The van der Waals surface area contributed by atoms with E-state index in [1.165, 1.54) is 19.3 Å². The summed E-state index contributed by atoms with van der Waals surface area (Å²) in [5.74, 6) is 3.37. The van der Waals surface area contributed by atoms with Crippen LogP contribution >= 0.6 is 0 Å². The van der Waals surface area contributed by atoms with Gasteiger partial charge in [0, 0.05) is 12.3 Å². The van der Waals surface area contributed by atoms with Crippen molar-refractivity contribution in [3.63, 3.8) is 0 Å². The number of hydrogen-bond donors (Lipinski definition) is 1. The van der Waals surface area contributed by atoms with Gasteiger partial charge in [0.1, 0.15) is 5.78 Å².